The molecule has 2 rings (SSSR count). The molecule has 1 saturated carbocycles. The van der Waals surface area contributed by atoms with E-state index in [4.69, 9.17) is 0 Å². The second-order valence-corrected chi connectivity index (χ2v) is 6.43. The van der Waals surface area contributed by atoms with Gasteiger partial charge in [-0.25, -0.2) is 0 Å². The van der Waals surface area contributed by atoms with Crippen LogP contribution in [0.4, 0.5) is 5.69 Å². The number of anilines is 1. The zero-order valence-corrected chi connectivity index (χ0v) is 13.5. The van der Waals surface area contributed by atoms with Gasteiger partial charge in [-0.1, -0.05) is 25.0 Å². The molecule has 2 N–H and O–H groups in total. The molecule has 4 nitrogen and oxygen atoms in total. The minimum Gasteiger partial charge on any atom is -0.391 e. The standard InChI is InChI=1S/C16H24N2O2S/c1-18(13-8-4-5-9-14(13)19)11-16(20)17-12-7-3-6-10-15(12)21-2/h3,6-7,10,13-14,19H,4-5,8-9,11H2,1-2H3,(H,17,20). The number of carbonyl (C=O) groups excluding carboxylic acids is 1. The van der Waals surface area contributed by atoms with Crippen LogP contribution in [0.5, 0.6) is 0 Å². The summed E-state index contributed by atoms with van der Waals surface area (Å²) in [5.74, 6) is -0.0308. The minimum absolute atomic E-state index is 0.0308. The van der Waals surface area contributed by atoms with E-state index < -0.39 is 0 Å². The predicted molar refractivity (Wildman–Crippen MR) is 87.7 cm³/mol. The van der Waals surface area contributed by atoms with Crippen molar-refractivity contribution in [3.8, 4) is 0 Å². The van der Waals surface area contributed by atoms with Crippen LogP contribution in [0.2, 0.25) is 0 Å². The normalized spacial score (nSPS) is 22.3. The molecule has 0 radical (unpaired) electrons. The first-order chi connectivity index (χ1) is 10.1. The Hall–Kier alpha value is -1.04. The predicted octanol–water partition coefficient (Wildman–Crippen LogP) is 2.58. The molecule has 1 aromatic rings. The van der Waals surface area contributed by atoms with Gasteiger partial charge in [0.15, 0.2) is 0 Å². The third-order valence-corrected chi connectivity index (χ3v) is 4.83. The van der Waals surface area contributed by atoms with Gasteiger partial charge in [0.1, 0.15) is 0 Å². The van der Waals surface area contributed by atoms with E-state index in [1.807, 2.05) is 42.5 Å². The number of amides is 1. The summed E-state index contributed by atoms with van der Waals surface area (Å²) in [7, 11) is 1.92. The number of rotatable bonds is 5. The van der Waals surface area contributed by atoms with Crippen LogP contribution in [0.25, 0.3) is 0 Å². The molecule has 2 unspecified atom stereocenters. The number of nitrogens with zero attached hydrogens (tertiary/aromatic N) is 1. The maximum absolute atomic E-state index is 12.2. The average Bonchev–Trinajstić information content (AvgIpc) is 2.48. The Kier molecular flexibility index (Phi) is 6.08. The van der Waals surface area contributed by atoms with Gasteiger partial charge in [-0.3, -0.25) is 9.69 Å². The number of aliphatic hydroxyl groups excluding tert-OH is 1. The highest BCUT2D eigenvalue weighted by Crippen LogP contribution is 2.25. The summed E-state index contributed by atoms with van der Waals surface area (Å²) in [6, 6.07) is 7.89. The Morgan fingerprint density at radius 2 is 2.10 bits per heavy atom. The zero-order valence-electron chi connectivity index (χ0n) is 12.7. The van der Waals surface area contributed by atoms with Crippen molar-refractivity contribution in [2.75, 3.05) is 25.2 Å². The summed E-state index contributed by atoms with van der Waals surface area (Å²) in [5.41, 5.74) is 0.854. The SMILES string of the molecule is CSc1ccccc1NC(=O)CN(C)C1CCCCC1O. The molecule has 5 heteroatoms. The Labute approximate surface area is 130 Å². The van der Waals surface area contributed by atoms with E-state index >= 15 is 0 Å². The first-order valence-electron chi connectivity index (χ1n) is 7.43. The average molecular weight is 308 g/mol. The number of benzene rings is 1. The van der Waals surface area contributed by atoms with E-state index in [9.17, 15) is 9.90 Å². The van der Waals surface area contributed by atoms with Crippen molar-refractivity contribution < 1.29 is 9.90 Å². The van der Waals surface area contributed by atoms with E-state index in [2.05, 4.69) is 5.32 Å². The number of carbonyl (C=O) groups is 1. The Bertz CT molecular complexity index is 481. The van der Waals surface area contributed by atoms with Gasteiger partial charge in [-0.15, -0.1) is 11.8 Å². The molecule has 1 aliphatic rings. The van der Waals surface area contributed by atoms with E-state index in [0.717, 1.165) is 36.3 Å². The topological polar surface area (TPSA) is 52.6 Å². The van der Waals surface area contributed by atoms with Gasteiger partial charge in [-0.2, -0.15) is 0 Å². The fraction of sp³-hybridized carbons (Fsp3) is 0.562. The zero-order chi connectivity index (χ0) is 15.2. The van der Waals surface area contributed by atoms with E-state index in [1.165, 1.54) is 0 Å². The lowest BCUT2D eigenvalue weighted by atomic mass is 9.91. The number of hydrogen-bond acceptors (Lipinski definition) is 4. The number of likely N-dealkylation sites (N-methyl/N-ethyl adjacent to an activating group) is 1. The van der Waals surface area contributed by atoms with Gasteiger partial charge in [0.25, 0.3) is 0 Å². The van der Waals surface area contributed by atoms with Crippen molar-refractivity contribution in [2.45, 2.75) is 42.7 Å². The lowest BCUT2D eigenvalue weighted by Crippen LogP contribution is -2.46. The summed E-state index contributed by atoms with van der Waals surface area (Å²) in [6.45, 7) is 0.310. The molecule has 2 atom stereocenters. The van der Waals surface area contributed by atoms with Crippen LogP contribution in [-0.2, 0) is 4.79 Å². The highest BCUT2D eigenvalue weighted by atomic mass is 32.2. The number of para-hydroxylation sites is 1. The molecule has 1 amide bonds. The number of thioether (sulfide) groups is 1. The van der Waals surface area contributed by atoms with Crippen molar-refractivity contribution in [1.82, 2.24) is 4.90 Å². The second kappa shape index (κ2) is 7.82. The van der Waals surface area contributed by atoms with Crippen LogP contribution in [0.3, 0.4) is 0 Å². The maximum atomic E-state index is 12.2. The fourth-order valence-electron chi connectivity index (χ4n) is 2.89. The molecule has 0 aliphatic heterocycles. The van der Waals surface area contributed by atoms with Gasteiger partial charge in [0.05, 0.1) is 18.3 Å². The lowest BCUT2D eigenvalue weighted by Gasteiger charge is -2.34. The fourth-order valence-corrected chi connectivity index (χ4v) is 3.44. The molecule has 116 valence electrons. The van der Waals surface area contributed by atoms with Crippen LogP contribution in [-0.4, -0.2) is 47.9 Å². The minimum atomic E-state index is -0.310. The van der Waals surface area contributed by atoms with Gasteiger partial charge < -0.3 is 10.4 Å². The van der Waals surface area contributed by atoms with E-state index in [0.29, 0.717) is 6.54 Å². The molecule has 0 heterocycles. The summed E-state index contributed by atoms with van der Waals surface area (Å²) >= 11 is 1.62. The van der Waals surface area contributed by atoms with Gasteiger partial charge in [0, 0.05) is 10.9 Å². The third kappa shape index (κ3) is 4.46. The van der Waals surface area contributed by atoms with E-state index in [1.54, 1.807) is 11.8 Å². The molecule has 0 aromatic heterocycles. The number of aliphatic hydroxyl groups is 1. The molecule has 0 spiro atoms. The monoisotopic (exact) mass is 308 g/mol. The Morgan fingerprint density at radius 1 is 1.38 bits per heavy atom. The second-order valence-electron chi connectivity index (χ2n) is 5.58. The lowest BCUT2D eigenvalue weighted by molar-refractivity contribution is -0.118. The van der Waals surface area contributed by atoms with Crippen LogP contribution in [0.15, 0.2) is 29.2 Å². The Morgan fingerprint density at radius 3 is 2.81 bits per heavy atom. The van der Waals surface area contributed by atoms with Crippen molar-refractivity contribution in [1.29, 1.82) is 0 Å². The Balaban J connectivity index is 1.91. The van der Waals surface area contributed by atoms with Crippen LogP contribution in [0, 0.1) is 0 Å². The van der Waals surface area contributed by atoms with Crippen LogP contribution < -0.4 is 5.32 Å². The molecule has 1 fully saturated rings. The summed E-state index contributed by atoms with van der Waals surface area (Å²) in [6.07, 6.45) is 5.70. The van der Waals surface area contributed by atoms with Crippen molar-refractivity contribution in [3.05, 3.63) is 24.3 Å². The number of nitrogens with one attached hydrogen (secondary N) is 1. The van der Waals surface area contributed by atoms with Gasteiger partial charge in [-0.05, 0) is 38.3 Å². The smallest absolute Gasteiger partial charge is 0.238 e. The third-order valence-electron chi connectivity index (χ3n) is 4.03. The first kappa shape index (κ1) is 16.3. The molecule has 0 saturated heterocycles. The van der Waals surface area contributed by atoms with Gasteiger partial charge in [0.2, 0.25) is 5.91 Å². The largest absolute Gasteiger partial charge is 0.391 e. The highest BCUT2D eigenvalue weighted by Gasteiger charge is 2.27. The summed E-state index contributed by atoms with van der Waals surface area (Å²) in [5, 5.41) is 13.0. The van der Waals surface area contributed by atoms with Crippen LogP contribution >= 0.6 is 11.8 Å². The van der Waals surface area contributed by atoms with E-state index in [-0.39, 0.29) is 18.1 Å². The number of hydrogen-bond donors (Lipinski definition) is 2. The molecular formula is C16H24N2O2S. The molecule has 21 heavy (non-hydrogen) atoms. The molecular weight excluding hydrogens is 284 g/mol. The van der Waals surface area contributed by atoms with Crippen molar-refractivity contribution in [2.24, 2.45) is 0 Å². The quantitative estimate of drug-likeness (QED) is 0.821. The molecule has 1 aliphatic carbocycles. The van der Waals surface area contributed by atoms with Crippen molar-refractivity contribution in [3.63, 3.8) is 0 Å². The molecule has 0 bridgehead atoms. The summed E-state index contributed by atoms with van der Waals surface area (Å²) in [4.78, 5) is 15.2. The van der Waals surface area contributed by atoms with Crippen molar-refractivity contribution >= 4 is 23.4 Å². The summed E-state index contributed by atoms with van der Waals surface area (Å²) < 4.78 is 0. The van der Waals surface area contributed by atoms with Gasteiger partial charge >= 0.3 is 0 Å². The molecule has 1 aromatic carbocycles. The first-order valence-corrected chi connectivity index (χ1v) is 8.65. The van der Waals surface area contributed by atoms with Crippen LogP contribution in [0.1, 0.15) is 25.7 Å². The maximum Gasteiger partial charge on any atom is 0.238 e. The highest BCUT2D eigenvalue weighted by molar-refractivity contribution is 7.98.